The minimum atomic E-state index is -0.540. The van der Waals surface area contributed by atoms with Crippen molar-refractivity contribution in [2.24, 2.45) is 0 Å². The highest BCUT2D eigenvalue weighted by atomic mass is 79.9. The zero-order chi connectivity index (χ0) is 13.8. The highest BCUT2D eigenvalue weighted by Crippen LogP contribution is 2.22. The van der Waals surface area contributed by atoms with Crippen molar-refractivity contribution in [3.8, 4) is 0 Å². The normalized spacial score (nSPS) is 10.9. The molecule has 1 heterocycles. The summed E-state index contributed by atoms with van der Waals surface area (Å²) in [5.74, 6) is -1.07. The van der Waals surface area contributed by atoms with E-state index in [1.165, 1.54) is 12.1 Å². The maximum Gasteiger partial charge on any atom is 0.145 e. The van der Waals surface area contributed by atoms with Gasteiger partial charge in [-0.2, -0.15) is 0 Å². The van der Waals surface area contributed by atoms with Crippen molar-refractivity contribution in [1.82, 2.24) is 9.88 Å². The summed E-state index contributed by atoms with van der Waals surface area (Å²) in [5.41, 5.74) is 1.16. The molecule has 0 saturated carbocycles. The number of aromatic nitrogens is 1. The standard InChI is InChI=1S/C14H15BrF2N2/c1-2-18-7-10-5-6-19(8-10)9-11-13(16)4-3-12(15)14(11)17/h3-6,8,18H,2,7,9H2,1H3. The Bertz CT molecular complexity index is 567. The van der Waals surface area contributed by atoms with Crippen LogP contribution < -0.4 is 5.32 Å². The van der Waals surface area contributed by atoms with E-state index in [-0.39, 0.29) is 16.6 Å². The van der Waals surface area contributed by atoms with Gasteiger partial charge in [0.15, 0.2) is 0 Å². The molecular weight excluding hydrogens is 314 g/mol. The summed E-state index contributed by atoms with van der Waals surface area (Å²) in [5, 5.41) is 3.20. The summed E-state index contributed by atoms with van der Waals surface area (Å²) in [6, 6.07) is 4.59. The Morgan fingerprint density at radius 1 is 1.26 bits per heavy atom. The lowest BCUT2D eigenvalue weighted by Gasteiger charge is -2.07. The summed E-state index contributed by atoms with van der Waals surface area (Å²) in [6.45, 7) is 3.86. The summed E-state index contributed by atoms with van der Waals surface area (Å²) in [4.78, 5) is 0. The summed E-state index contributed by atoms with van der Waals surface area (Å²) >= 11 is 3.07. The van der Waals surface area contributed by atoms with Gasteiger partial charge in [-0.05, 0) is 46.2 Å². The van der Waals surface area contributed by atoms with Gasteiger partial charge in [0.25, 0.3) is 0 Å². The number of nitrogens with zero attached hydrogens (tertiary/aromatic N) is 1. The molecule has 1 aromatic heterocycles. The Kier molecular flexibility index (Phi) is 4.71. The monoisotopic (exact) mass is 328 g/mol. The maximum absolute atomic E-state index is 13.8. The summed E-state index contributed by atoms with van der Waals surface area (Å²) < 4.78 is 29.5. The second-order valence-electron chi connectivity index (χ2n) is 4.29. The van der Waals surface area contributed by atoms with Gasteiger partial charge in [-0.1, -0.05) is 6.92 Å². The van der Waals surface area contributed by atoms with E-state index in [0.29, 0.717) is 0 Å². The Hall–Kier alpha value is -1.20. The number of benzene rings is 1. The molecule has 19 heavy (non-hydrogen) atoms. The van der Waals surface area contributed by atoms with Crippen molar-refractivity contribution in [2.45, 2.75) is 20.0 Å². The third-order valence-electron chi connectivity index (χ3n) is 2.87. The third-order valence-corrected chi connectivity index (χ3v) is 3.48. The Labute approximate surface area is 119 Å². The Balaban J connectivity index is 2.17. The van der Waals surface area contributed by atoms with Crippen LogP contribution >= 0.6 is 15.9 Å². The van der Waals surface area contributed by atoms with Gasteiger partial charge in [0.2, 0.25) is 0 Å². The predicted octanol–water partition coefficient (Wildman–Crippen LogP) is 3.69. The lowest BCUT2D eigenvalue weighted by atomic mass is 10.2. The largest absolute Gasteiger partial charge is 0.349 e. The zero-order valence-electron chi connectivity index (χ0n) is 10.6. The number of hydrogen-bond acceptors (Lipinski definition) is 1. The Morgan fingerprint density at radius 2 is 2.05 bits per heavy atom. The van der Waals surface area contributed by atoms with Gasteiger partial charge in [0, 0.05) is 24.5 Å². The molecular formula is C14H15BrF2N2. The highest BCUT2D eigenvalue weighted by Gasteiger charge is 2.12. The Morgan fingerprint density at radius 3 is 2.79 bits per heavy atom. The number of nitrogens with one attached hydrogen (secondary N) is 1. The number of rotatable bonds is 5. The van der Waals surface area contributed by atoms with E-state index in [0.717, 1.165) is 18.7 Å². The first-order valence-electron chi connectivity index (χ1n) is 6.09. The maximum atomic E-state index is 13.8. The molecule has 2 rings (SSSR count). The SMILES string of the molecule is CCNCc1ccn(Cc2c(F)ccc(Br)c2F)c1. The van der Waals surface area contributed by atoms with Gasteiger partial charge in [0.1, 0.15) is 11.6 Å². The number of halogens is 3. The summed E-state index contributed by atoms with van der Waals surface area (Å²) in [6.07, 6.45) is 3.72. The van der Waals surface area contributed by atoms with Crippen molar-refractivity contribution in [3.05, 3.63) is 57.8 Å². The third kappa shape index (κ3) is 3.42. The smallest absolute Gasteiger partial charge is 0.145 e. The van der Waals surface area contributed by atoms with Crippen molar-refractivity contribution >= 4 is 15.9 Å². The first-order valence-corrected chi connectivity index (χ1v) is 6.89. The van der Waals surface area contributed by atoms with E-state index >= 15 is 0 Å². The van der Waals surface area contributed by atoms with E-state index in [1.54, 1.807) is 4.57 Å². The van der Waals surface area contributed by atoms with Gasteiger partial charge in [0.05, 0.1) is 11.0 Å². The van der Waals surface area contributed by atoms with Crippen LogP contribution in [-0.2, 0) is 13.1 Å². The van der Waals surface area contributed by atoms with Crippen LogP contribution in [0.3, 0.4) is 0 Å². The topological polar surface area (TPSA) is 17.0 Å². The minimum absolute atomic E-state index is 0.0694. The van der Waals surface area contributed by atoms with E-state index in [1.807, 2.05) is 25.4 Å². The van der Waals surface area contributed by atoms with Crippen LogP contribution in [0.2, 0.25) is 0 Å². The van der Waals surface area contributed by atoms with Crippen LogP contribution in [0.25, 0.3) is 0 Å². The van der Waals surface area contributed by atoms with Crippen LogP contribution in [0.5, 0.6) is 0 Å². The zero-order valence-corrected chi connectivity index (χ0v) is 12.2. The molecule has 0 bridgehead atoms. The second kappa shape index (κ2) is 6.30. The van der Waals surface area contributed by atoms with Gasteiger partial charge >= 0.3 is 0 Å². The molecule has 1 aromatic carbocycles. The molecule has 0 fully saturated rings. The number of hydrogen-bond donors (Lipinski definition) is 1. The molecule has 102 valence electrons. The first-order chi connectivity index (χ1) is 9.11. The van der Waals surface area contributed by atoms with E-state index < -0.39 is 11.6 Å². The molecule has 0 spiro atoms. The van der Waals surface area contributed by atoms with Gasteiger partial charge in [-0.15, -0.1) is 0 Å². The van der Waals surface area contributed by atoms with E-state index in [9.17, 15) is 8.78 Å². The molecule has 0 aliphatic rings. The molecule has 5 heteroatoms. The van der Waals surface area contributed by atoms with Gasteiger partial charge in [-0.3, -0.25) is 0 Å². The molecule has 1 N–H and O–H groups in total. The average molecular weight is 329 g/mol. The highest BCUT2D eigenvalue weighted by molar-refractivity contribution is 9.10. The molecule has 2 aromatic rings. The van der Waals surface area contributed by atoms with E-state index in [2.05, 4.69) is 21.2 Å². The van der Waals surface area contributed by atoms with Gasteiger partial charge < -0.3 is 9.88 Å². The molecule has 0 saturated heterocycles. The molecule has 2 nitrogen and oxygen atoms in total. The van der Waals surface area contributed by atoms with Gasteiger partial charge in [-0.25, -0.2) is 8.78 Å². The molecule has 0 aliphatic heterocycles. The second-order valence-corrected chi connectivity index (χ2v) is 5.15. The van der Waals surface area contributed by atoms with Crippen molar-refractivity contribution in [1.29, 1.82) is 0 Å². The lowest BCUT2D eigenvalue weighted by molar-refractivity contribution is 0.540. The van der Waals surface area contributed by atoms with Crippen molar-refractivity contribution in [2.75, 3.05) is 6.54 Å². The van der Waals surface area contributed by atoms with E-state index in [4.69, 9.17) is 0 Å². The van der Waals surface area contributed by atoms with Crippen molar-refractivity contribution in [3.63, 3.8) is 0 Å². The first kappa shape index (κ1) is 14.2. The molecule has 0 atom stereocenters. The van der Waals surface area contributed by atoms with Crippen LogP contribution in [0.1, 0.15) is 18.1 Å². The summed E-state index contributed by atoms with van der Waals surface area (Å²) in [7, 11) is 0. The van der Waals surface area contributed by atoms with Crippen LogP contribution in [0.15, 0.2) is 35.1 Å². The molecule has 0 amide bonds. The molecule has 0 aliphatic carbocycles. The van der Waals surface area contributed by atoms with Crippen LogP contribution in [0, 0.1) is 11.6 Å². The minimum Gasteiger partial charge on any atom is -0.349 e. The average Bonchev–Trinajstić information content (AvgIpc) is 2.84. The fourth-order valence-corrected chi connectivity index (χ4v) is 2.23. The van der Waals surface area contributed by atoms with Crippen LogP contribution in [-0.4, -0.2) is 11.1 Å². The fourth-order valence-electron chi connectivity index (χ4n) is 1.86. The fraction of sp³-hybridized carbons (Fsp3) is 0.286. The van der Waals surface area contributed by atoms with Crippen LogP contribution in [0.4, 0.5) is 8.78 Å². The molecule has 0 unspecified atom stereocenters. The molecule has 0 radical (unpaired) electrons. The van der Waals surface area contributed by atoms with Crippen molar-refractivity contribution < 1.29 is 8.78 Å². The lowest BCUT2D eigenvalue weighted by Crippen LogP contribution is -2.11. The predicted molar refractivity (Wildman–Crippen MR) is 75.0 cm³/mol. The quantitative estimate of drug-likeness (QED) is 0.828.